The van der Waals surface area contributed by atoms with Crippen molar-refractivity contribution in [1.82, 2.24) is 0 Å². The van der Waals surface area contributed by atoms with Crippen molar-refractivity contribution in [2.45, 2.75) is 102 Å². The smallest absolute Gasteiger partial charge is 0.190 e. The second-order valence-electron chi connectivity index (χ2n) is 14.9. The van der Waals surface area contributed by atoms with Crippen LogP contribution in [0.1, 0.15) is 77.2 Å². The van der Waals surface area contributed by atoms with E-state index in [0.29, 0.717) is 31.6 Å². The molecule has 1 aromatic carbocycles. The molecule has 7 heteroatoms. The Kier molecular flexibility index (Phi) is 9.14. The number of aliphatic hydroxyl groups excluding tert-OH is 3. The third-order valence-corrected chi connectivity index (χ3v) is 12.5. The molecule has 3 fully saturated rings. The van der Waals surface area contributed by atoms with Crippen LogP contribution >= 0.6 is 0 Å². The van der Waals surface area contributed by atoms with Crippen molar-refractivity contribution in [3.63, 3.8) is 0 Å². The molecule has 1 aromatic rings. The molecule has 0 saturated heterocycles. The SMILES string of the molecule is C[C@]12CCC(=O)C=C1CC[C@@H]1C2=CC[C@@]2(C)[C@H]1CC[C@]2(O)C(=O)COC[C@@H]1[C@@H](/C=C/[C@@H](O)CCc2ccccc2)[C@H](O)C[C@@H]1O. The molecular weight excluding hydrogens is 568 g/mol. The van der Waals surface area contributed by atoms with Gasteiger partial charge < -0.3 is 25.2 Å². The number of ketones is 2. The number of carbonyl (C=O) groups is 2. The lowest BCUT2D eigenvalue weighted by Gasteiger charge is -2.54. The van der Waals surface area contributed by atoms with Crippen molar-refractivity contribution in [1.29, 1.82) is 0 Å². The molecule has 0 heterocycles. The number of carbonyl (C=O) groups excluding carboxylic acids is 2. The number of aliphatic hydroxyl groups is 4. The van der Waals surface area contributed by atoms with Crippen LogP contribution in [0, 0.1) is 34.5 Å². The minimum absolute atomic E-state index is 0.0775. The molecule has 0 aromatic heterocycles. The van der Waals surface area contributed by atoms with Crippen molar-refractivity contribution < 1.29 is 34.8 Å². The molecule has 0 bridgehead atoms. The molecule has 5 aliphatic rings. The van der Waals surface area contributed by atoms with Crippen molar-refractivity contribution in [2.75, 3.05) is 13.2 Å². The van der Waals surface area contributed by atoms with E-state index in [1.165, 1.54) is 11.1 Å². The number of hydrogen-bond acceptors (Lipinski definition) is 7. The molecular formula is C38H50O7. The second-order valence-corrected chi connectivity index (χ2v) is 14.9. The van der Waals surface area contributed by atoms with Crippen molar-refractivity contribution in [3.8, 4) is 0 Å². The van der Waals surface area contributed by atoms with E-state index in [1.807, 2.05) is 36.4 Å². The van der Waals surface area contributed by atoms with E-state index >= 15 is 0 Å². The van der Waals surface area contributed by atoms with E-state index in [2.05, 4.69) is 19.9 Å². The van der Waals surface area contributed by atoms with Crippen LogP contribution in [0.5, 0.6) is 0 Å². The van der Waals surface area contributed by atoms with Gasteiger partial charge in [-0.3, -0.25) is 9.59 Å². The van der Waals surface area contributed by atoms with E-state index in [-0.39, 0.29) is 42.5 Å². The highest BCUT2D eigenvalue weighted by Gasteiger charge is 2.64. The Morgan fingerprint density at radius 3 is 2.64 bits per heavy atom. The van der Waals surface area contributed by atoms with Crippen molar-refractivity contribution in [3.05, 3.63) is 71.3 Å². The predicted molar refractivity (Wildman–Crippen MR) is 171 cm³/mol. The van der Waals surface area contributed by atoms with Crippen molar-refractivity contribution in [2.24, 2.45) is 34.5 Å². The summed E-state index contributed by atoms with van der Waals surface area (Å²) in [6, 6.07) is 9.95. The molecule has 7 nitrogen and oxygen atoms in total. The summed E-state index contributed by atoms with van der Waals surface area (Å²) < 4.78 is 5.91. The van der Waals surface area contributed by atoms with Crippen molar-refractivity contribution >= 4 is 11.6 Å². The molecule has 45 heavy (non-hydrogen) atoms. The molecule has 244 valence electrons. The Hall–Kier alpha value is -2.42. The fraction of sp³-hybridized carbons (Fsp3) is 0.632. The van der Waals surface area contributed by atoms with Gasteiger partial charge in [-0.15, -0.1) is 0 Å². The Balaban J connectivity index is 1.07. The number of fused-ring (bicyclic) bond motifs is 5. The minimum Gasteiger partial charge on any atom is -0.393 e. The number of benzene rings is 1. The number of aryl methyl sites for hydroxylation is 1. The second kappa shape index (κ2) is 12.6. The van der Waals surface area contributed by atoms with Gasteiger partial charge in [-0.2, -0.15) is 0 Å². The van der Waals surface area contributed by atoms with Gasteiger partial charge in [0.05, 0.1) is 24.9 Å². The fourth-order valence-electron chi connectivity index (χ4n) is 9.66. The average molecular weight is 619 g/mol. The maximum Gasteiger partial charge on any atom is 0.190 e. The summed E-state index contributed by atoms with van der Waals surface area (Å²) in [4.78, 5) is 25.9. The van der Waals surface area contributed by atoms with E-state index in [0.717, 1.165) is 37.7 Å². The zero-order valence-corrected chi connectivity index (χ0v) is 26.7. The van der Waals surface area contributed by atoms with Gasteiger partial charge in [0.15, 0.2) is 11.6 Å². The molecule has 0 radical (unpaired) electrons. The lowest BCUT2D eigenvalue weighted by molar-refractivity contribution is -0.158. The molecule has 0 amide bonds. The number of hydrogen-bond donors (Lipinski definition) is 4. The van der Waals surface area contributed by atoms with Gasteiger partial charge in [-0.1, -0.05) is 73.6 Å². The Labute approximate surface area is 267 Å². The monoisotopic (exact) mass is 618 g/mol. The van der Waals surface area contributed by atoms with Crippen LogP contribution in [0.15, 0.2) is 65.8 Å². The van der Waals surface area contributed by atoms with Crippen LogP contribution in [-0.4, -0.2) is 69.1 Å². The molecule has 0 spiro atoms. The van der Waals surface area contributed by atoms with E-state index in [1.54, 1.807) is 12.2 Å². The van der Waals surface area contributed by atoms with Gasteiger partial charge in [0.2, 0.25) is 0 Å². The summed E-state index contributed by atoms with van der Waals surface area (Å²) in [7, 11) is 0. The van der Waals surface area contributed by atoms with E-state index in [9.17, 15) is 30.0 Å². The molecule has 5 aliphatic carbocycles. The molecule has 4 N–H and O–H groups in total. The predicted octanol–water partition coefficient (Wildman–Crippen LogP) is 4.66. The molecule has 0 unspecified atom stereocenters. The quantitative estimate of drug-likeness (QED) is 0.281. The number of allylic oxidation sites excluding steroid dienone is 4. The zero-order chi connectivity index (χ0) is 32.0. The van der Waals surface area contributed by atoms with E-state index in [4.69, 9.17) is 4.74 Å². The van der Waals surface area contributed by atoms with Gasteiger partial charge in [0.25, 0.3) is 0 Å². The van der Waals surface area contributed by atoms with Gasteiger partial charge >= 0.3 is 0 Å². The first-order valence-electron chi connectivity index (χ1n) is 17.0. The van der Waals surface area contributed by atoms with Crippen LogP contribution in [0.25, 0.3) is 0 Å². The lowest BCUT2D eigenvalue weighted by atomic mass is 9.50. The highest BCUT2D eigenvalue weighted by atomic mass is 16.5. The van der Waals surface area contributed by atoms with Crippen LogP contribution in [-0.2, 0) is 20.7 Å². The van der Waals surface area contributed by atoms with Crippen LogP contribution in [0.3, 0.4) is 0 Å². The highest BCUT2D eigenvalue weighted by molar-refractivity contribution is 5.92. The van der Waals surface area contributed by atoms with Gasteiger partial charge in [-0.25, -0.2) is 0 Å². The number of Topliss-reactive ketones (excluding diaryl/α,β-unsaturated/α-hetero) is 1. The minimum atomic E-state index is -1.49. The summed E-state index contributed by atoms with van der Waals surface area (Å²) in [5.74, 6) is -0.418. The van der Waals surface area contributed by atoms with Crippen LogP contribution < -0.4 is 0 Å². The highest BCUT2D eigenvalue weighted by Crippen LogP contribution is 2.65. The Morgan fingerprint density at radius 1 is 1.09 bits per heavy atom. The summed E-state index contributed by atoms with van der Waals surface area (Å²) >= 11 is 0. The van der Waals surface area contributed by atoms with Gasteiger partial charge in [-0.05, 0) is 74.8 Å². The third-order valence-electron chi connectivity index (χ3n) is 12.5. The number of rotatable bonds is 10. The average Bonchev–Trinajstić information content (AvgIpc) is 3.46. The Morgan fingerprint density at radius 2 is 1.87 bits per heavy atom. The van der Waals surface area contributed by atoms with Crippen LogP contribution in [0.4, 0.5) is 0 Å². The summed E-state index contributed by atoms with van der Waals surface area (Å²) in [5.41, 5.74) is 1.62. The normalized spacial score (nSPS) is 40.0. The lowest BCUT2D eigenvalue weighted by Crippen LogP contribution is -2.55. The van der Waals surface area contributed by atoms with Gasteiger partial charge in [0.1, 0.15) is 12.2 Å². The molecule has 0 aliphatic heterocycles. The van der Waals surface area contributed by atoms with Gasteiger partial charge in [0, 0.05) is 35.5 Å². The molecule has 6 rings (SSSR count). The summed E-state index contributed by atoms with van der Waals surface area (Å²) in [5, 5.41) is 43.9. The standard InChI is InChI=1S/C38H50O7/c1-36-17-14-27(40)20-25(36)9-12-29-31(36)15-18-37(2)32(29)16-19-38(37,44)35(43)23-45-22-30-28(33(41)21-34(30)42)13-11-26(39)10-8-24-6-4-3-5-7-24/h3-7,11,13,15,20,26,28-30,32-34,39,41-42,44H,8-10,12,14,16-19,21-23H2,1-2H3/b13-11+/t26-,28+,29+,30+,32-,33+,34-,36-,37-,38-/m0/s1. The number of ether oxygens (including phenoxy) is 1. The topological polar surface area (TPSA) is 124 Å². The molecule has 10 atom stereocenters. The fourth-order valence-corrected chi connectivity index (χ4v) is 9.66. The summed E-state index contributed by atoms with van der Waals surface area (Å²) in [6.45, 7) is 4.17. The third kappa shape index (κ3) is 5.84. The first kappa shape index (κ1) is 32.5. The van der Waals surface area contributed by atoms with E-state index < -0.39 is 41.2 Å². The zero-order valence-electron chi connectivity index (χ0n) is 26.7. The first-order chi connectivity index (χ1) is 21.5. The maximum absolute atomic E-state index is 13.7. The molecule has 3 saturated carbocycles. The summed E-state index contributed by atoms with van der Waals surface area (Å²) in [6.07, 6.45) is 11.9. The largest absolute Gasteiger partial charge is 0.393 e. The first-order valence-corrected chi connectivity index (χ1v) is 17.0. The van der Waals surface area contributed by atoms with Crippen LogP contribution in [0.2, 0.25) is 0 Å². The Bertz CT molecular complexity index is 1370. The maximum atomic E-state index is 13.7.